The van der Waals surface area contributed by atoms with Gasteiger partial charge in [0.15, 0.2) is 6.10 Å². The predicted molar refractivity (Wildman–Crippen MR) is 321 cm³/mol. The van der Waals surface area contributed by atoms with Gasteiger partial charge in [0.05, 0.1) is 0 Å². The fourth-order valence-corrected chi connectivity index (χ4v) is 9.39. The fraction of sp³-hybridized carbons (Fsp3) is 0.809. The quantitative estimate of drug-likeness (QED) is 0.0261. The van der Waals surface area contributed by atoms with Crippen molar-refractivity contribution in [1.29, 1.82) is 0 Å². The van der Waals surface area contributed by atoms with Gasteiger partial charge in [0.25, 0.3) is 0 Å². The van der Waals surface area contributed by atoms with Gasteiger partial charge in [-0.2, -0.15) is 0 Å². The number of allylic oxidation sites excluding steroid dienone is 10. The summed E-state index contributed by atoms with van der Waals surface area (Å²) in [5.41, 5.74) is 0. The van der Waals surface area contributed by atoms with E-state index in [-0.39, 0.29) is 31.1 Å². The van der Waals surface area contributed by atoms with Crippen LogP contribution in [0.5, 0.6) is 0 Å². The molecule has 0 radical (unpaired) electrons. The predicted octanol–water partition coefficient (Wildman–Crippen LogP) is 21.9. The largest absolute Gasteiger partial charge is 0.462 e. The molecule has 0 spiro atoms. The van der Waals surface area contributed by atoms with E-state index in [1.807, 2.05) is 0 Å². The SMILES string of the molecule is CC/C=C\C/C=C\C/C=C\CCCCCCCCCC(=O)OCC(COC(=O)CCCCCCCCCCC/C=C\CCCCCCCCCC)OC(=O)CCCCCCCCC/C=C\CCCCCCCCC. The fourth-order valence-electron chi connectivity index (χ4n) is 9.39. The third kappa shape index (κ3) is 60.0. The number of hydrogen-bond acceptors (Lipinski definition) is 6. The summed E-state index contributed by atoms with van der Waals surface area (Å²) in [5, 5.41) is 0. The zero-order valence-corrected chi connectivity index (χ0v) is 49.4. The molecule has 0 aliphatic rings. The third-order valence-electron chi connectivity index (χ3n) is 14.2. The topological polar surface area (TPSA) is 78.9 Å². The van der Waals surface area contributed by atoms with Crippen LogP contribution < -0.4 is 0 Å². The van der Waals surface area contributed by atoms with Crippen molar-refractivity contribution in [3.63, 3.8) is 0 Å². The van der Waals surface area contributed by atoms with Crippen LogP contribution in [-0.4, -0.2) is 37.2 Å². The van der Waals surface area contributed by atoms with E-state index in [1.165, 1.54) is 212 Å². The molecule has 6 nitrogen and oxygen atoms in total. The van der Waals surface area contributed by atoms with Crippen LogP contribution in [0.2, 0.25) is 0 Å². The minimum atomic E-state index is -0.782. The lowest BCUT2D eigenvalue weighted by Crippen LogP contribution is -2.30. The molecule has 0 saturated carbocycles. The van der Waals surface area contributed by atoms with Gasteiger partial charge in [-0.1, -0.05) is 274 Å². The van der Waals surface area contributed by atoms with Gasteiger partial charge in [-0.05, 0) is 103 Å². The molecule has 0 bridgehead atoms. The molecule has 0 amide bonds. The Morgan fingerprint density at radius 1 is 0.284 bits per heavy atom. The van der Waals surface area contributed by atoms with Crippen molar-refractivity contribution >= 4 is 17.9 Å². The Balaban J connectivity index is 4.36. The van der Waals surface area contributed by atoms with Crippen molar-refractivity contribution in [2.24, 2.45) is 0 Å². The highest BCUT2D eigenvalue weighted by molar-refractivity contribution is 5.71. The van der Waals surface area contributed by atoms with E-state index in [1.54, 1.807) is 0 Å². The van der Waals surface area contributed by atoms with Crippen LogP contribution in [-0.2, 0) is 28.6 Å². The van der Waals surface area contributed by atoms with Gasteiger partial charge in [0.1, 0.15) is 13.2 Å². The van der Waals surface area contributed by atoms with Gasteiger partial charge in [-0.25, -0.2) is 0 Å². The Labute approximate surface area is 460 Å². The zero-order chi connectivity index (χ0) is 53.6. The Hall–Kier alpha value is -2.89. The van der Waals surface area contributed by atoms with E-state index in [9.17, 15) is 14.4 Å². The summed E-state index contributed by atoms with van der Waals surface area (Å²) in [6.45, 7) is 6.56. The standard InChI is InChI=1S/C68H122O6/c1-4-7-10-13-16-19-22-25-28-31-33-34-35-38-40-43-46-49-52-55-58-61-67(70)73-64-65(63-72-66(69)60-57-54-51-48-45-42-39-36-30-27-24-21-18-15-12-9-6-3)74-68(71)62-59-56-53-50-47-44-41-37-32-29-26-23-20-17-14-11-8-5-2/h9,12,18,21,27,29-33,65H,4-8,10-11,13-17,19-20,22-26,28,34-64H2,1-3H3/b12-9-,21-18-,30-27-,32-29-,33-31-. The highest BCUT2D eigenvalue weighted by Gasteiger charge is 2.19. The van der Waals surface area contributed by atoms with Crippen molar-refractivity contribution in [2.45, 2.75) is 341 Å². The lowest BCUT2D eigenvalue weighted by molar-refractivity contribution is -0.167. The number of unbranched alkanes of at least 4 members (excludes halogenated alkanes) is 38. The van der Waals surface area contributed by atoms with Crippen LogP contribution in [0.15, 0.2) is 60.8 Å². The lowest BCUT2D eigenvalue weighted by atomic mass is 10.1. The molecule has 0 aromatic heterocycles. The lowest BCUT2D eigenvalue weighted by Gasteiger charge is -2.18. The van der Waals surface area contributed by atoms with Gasteiger partial charge in [0, 0.05) is 19.3 Å². The average molecular weight is 1040 g/mol. The number of esters is 3. The number of carbonyl (C=O) groups is 3. The number of carbonyl (C=O) groups excluding carboxylic acids is 3. The molecule has 74 heavy (non-hydrogen) atoms. The van der Waals surface area contributed by atoms with Crippen LogP contribution in [0, 0.1) is 0 Å². The van der Waals surface area contributed by atoms with Gasteiger partial charge in [-0.3, -0.25) is 14.4 Å². The molecule has 0 aliphatic heterocycles. The third-order valence-corrected chi connectivity index (χ3v) is 14.2. The molecular weight excluding hydrogens is 913 g/mol. The van der Waals surface area contributed by atoms with Crippen LogP contribution in [0.1, 0.15) is 335 Å². The highest BCUT2D eigenvalue weighted by atomic mass is 16.6. The zero-order valence-electron chi connectivity index (χ0n) is 49.4. The number of hydrogen-bond donors (Lipinski definition) is 0. The van der Waals surface area contributed by atoms with Gasteiger partial charge >= 0.3 is 17.9 Å². The van der Waals surface area contributed by atoms with Crippen molar-refractivity contribution < 1.29 is 28.6 Å². The minimum absolute atomic E-state index is 0.0784. The smallest absolute Gasteiger partial charge is 0.306 e. The van der Waals surface area contributed by atoms with Gasteiger partial charge in [-0.15, -0.1) is 0 Å². The van der Waals surface area contributed by atoms with Crippen molar-refractivity contribution in [2.75, 3.05) is 13.2 Å². The molecular formula is C68H122O6. The Kier molecular flexibility index (Phi) is 60.2. The summed E-state index contributed by atoms with van der Waals surface area (Å²) >= 11 is 0. The summed E-state index contributed by atoms with van der Waals surface area (Å²) < 4.78 is 16.9. The molecule has 0 aliphatic carbocycles. The van der Waals surface area contributed by atoms with E-state index >= 15 is 0 Å². The summed E-state index contributed by atoms with van der Waals surface area (Å²) in [4.78, 5) is 38.3. The first-order valence-corrected chi connectivity index (χ1v) is 32.3. The second kappa shape index (κ2) is 62.6. The molecule has 1 atom stereocenters. The summed E-state index contributed by atoms with van der Waals surface area (Å²) in [6.07, 6.45) is 79.4. The molecule has 0 saturated heterocycles. The highest BCUT2D eigenvalue weighted by Crippen LogP contribution is 2.16. The molecule has 430 valence electrons. The Morgan fingerprint density at radius 3 is 0.838 bits per heavy atom. The molecule has 1 unspecified atom stereocenters. The van der Waals surface area contributed by atoms with E-state index in [0.717, 1.165) is 83.5 Å². The summed E-state index contributed by atoms with van der Waals surface area (Å²) in [6, 6.07) is 0. The van der Waals surface area contributed by atoms with Gasteiger partial charge in [0.2, 0.25) is 0 Å². The van der Waals surface area contributed by atoms with Crippen molar-refractivity contribution in [3.05, 3.63) is 60.8 Å². The van der Waals surface area contributed by atoms with Crippen LogP contribution in [0.4, 0.5) is 0 Å². The average Bonchev–Trinajstić information content (AvgIpc) is 3.40. The molecule has 6 heteroatoms. The first-order valence-electron chi connectivity index (χ1n) is 32.3. The molecule has 0 heterocycles. The molecule has 0 aromatic rings. The Morgan fingerprint density at radius 2 is 0.527 bits per heavy atom. The van der Waals surface area contributed by atoms with Crippen molar-refractivity contribution in [3.8, 4) is 0 Å². The molecule has 0 fully saturated rings. The molecule has 0 aromatic carbocycles. The van der Waals surface area contributed by atoms with Gasteiger partial charge < -0.3 is 14.2 Å². The Bertz CT molecular complexity index is 1330. The van der Waals surface area contributed by atoms with Crippen LogP contribution in [0.3, 0.4) is 0 Å². The molecule has 0 rings (SSSR count). The van der Waals surface area contributed by atoms with E-state index in [0.29, 0.717) is 19.3 Å². The minimum Gasteiger partial charge on any atom is -0.462 e. The second-order valence-electron chi connectivity index (χ2n) is 21.6. The molecule has 0 N–H and O–H groups in total. The normalized spacial score (nSPS) is 12.4. The monoisotopic (exact) mass is 1030 g/mol. The maximum absolute atomic E-state index is 12.9. The number of rotatable bonds is 59. The van der Waals surface area contributed by atoms with Crippen LogP contribution >= 0.6 is 0 Å². The number of ether oxygens (including phenoxy) is 3. The van der Waals surface area contributed by atoms with E-state index in [4.69, 9.17) is 14.2 Å². The summed E-state index contributed by atoms with van der Waals surface area (Å²) in [7, 11) is 0. The maximum atomic E-state index is 12.9. The maximum Gasteiger partial charge on any atom is 0.306 e. The first-order chi connectivity index (χ1) is 36.5. The van der Waals surface area contributed by atoms with Crippen LogP contribution in [0.25, 0.3) is 0 Å². The van der Waals surface area contributed by atoms with Crippen molar-refractivity contribution in [1.82, 2.24) is 0 Å². The first kappa shape index (κ1) is 71.1. The van der Waals surface area contributed by atoms with E-state index < -0.39 is 6.10 Å². The second-order valence-corrected chi connectivity index (χ2v) is 21.6. The summed E-state index contributed by atoms with van der Waals surface area (Å²) in [5.74, 6) is -0.877. The van der Waals surface area contributed by atoms with E-state index in [2.05, 4.69) is 81.5 Å².